The zero-order valence-corrected chi connectivity index (χ0v) is 8.04. The molecule has 0 heterocycles. The summed E-state index contributed by atoms with van der Waals surface area (Å²) in [7, 11) is 3.33. The van der Waals surface area contributed by atoms with Gasteiger partial charge < -0.3 is 5.73 Å². The highest BCUT2D eigenvalue weighted by Crippen LogP contribution is 2.10. The number of nitrogens with zero attached hydrogens (tertiary/aromatic N) is 1. The summed E-state index contributed by atoms with van der Waals surface area (Å²) in [6.45, 7) is 0. The number of anilines is 1. The molecule has 0 bridgehead atoms. The molecule has 5 heteroatoms. The Labute approximate surface area is 81.5 Å². The number of amides is 1. The Morgan fingerprint density at radius 1 is 1.43 bits per heavy atom. The van der Waals surface area contributed by atoms with Crippen molar-refractivity contribution in [2.45, 2.75) is 0 Å². The van der Waals surface area contributed by atoms with Crippen LogP contribution < -0.4 is 11.2 Å². The van der Waals surface area contributed by atoms with Gasteiger partial charge in [-0.15, -0.1) is 0 Å². The zero-order valence-electron chi connectivity index (χ0n) is 8.04. The standard InChI is InChI=1S/C9H12FN3O/c1-13(2)12-9(14)6-3-7(10)5-8(11)4-6/h3-5H,11H2,1-2H3,(H,12,14). The van der Waals surface area contributed by atoms with Gasteiger partial charge in [0.25, 0.3) is 5.91 Å². The van der Waals surface area contributed by atoms with Crippen LogP contribution in [-0.4, -0.2) is 25.0 Å². The van der Waals surface area contributed by atoms with Gasteiger partial charge in [0.1, 0.15) is 5.82 Å². The minimum Gasteiger partial charge on any atom is -0.399 e. The average Bonchev–Trinajstić information content (AvgIpc) is 2.00. The quantitative estimate of drug-likeness (QED) is 0.539. The molecule has 14 heavy (non-hydrogen) atoms. The fourth-order valence-corrected chi connectivity index (χ4v) is 1.01. The molecule has 0 aromatic heterocycles. The van der Waals surface area contributed by atoms with Crippen molar-refractivity contribution in [2.24, 2.45) is 0 Å². The number of carbonyl (C=O) groups is 1. The van der Waals surface area contributed by atoms with Crippen molar-refractivity contribution in [3.8, 4) is 0 Å². The molecule has 0 fully saturated rings. The number of rotatable bonds is 2. The van der Waals surface area contributed by atoms with Crippen LogP contribution in [0, 0.1) is 5.82 Å². The third-order valence-electron chi connectivity index (χ3n) is 1.51. The Bertz CT molecular complexity index is 332. The van der Waals surface area contributed by atoms with Gasteiger partial charge in [-0.2, -0.15) is 0 Å². The highest BCUT2D eigenvalue weighted by Gasteiger charge is 2.07. The highest BCUT2D eigenvalue weighted by molar-refractivity contribution is 5.94. The van der Waals surface area contributed by atoms with Crippen molar-refractivity contribution in [3.05, 3.63) is 29.6 Å². The van der Waals surface area contributed by atoms with Crippen LogP contribution in [0.2, 0.25) is 0 Å². The largest absolute Gasteiger partial charge is 0.399 e. The second kappa shape index (κ2) is 4.06. The van der Waals surface area contributed by atoms with E-state index >= 15 is 0 Å². The number of halogens is 1. The van der Waals surface area contributed by atoms with E-state index in [4.69, 9.17) is 5.73 Å². The van der Waals surface area contributed by atoms with Gasteiger partial charge in [0, 0.05) is 25.3 Å². The van der Waals surface area contributed by atoms with Crippen molar-refractivity contribution in [1.29, 1.82) is 0 Å². The molecule has 3 N–H and O–H groups in total. The number of nitrogen functional groups attached to an aromatic ring is 1. The predicted molar refractivity (Wildman–Crippen MR) is 52.0 cm³/mol. The molecule has 1 aromatic carbocycles. The van der Waals surface area contributed by atoms with E-state index in [1.807, 2.05) is 0 Å². The molecule has 0 saturated carbocycles. The van der Waals surface area contributed by atoms with E-state index in [9.17, 15) is 9.18 Å². The third-order valence-corrected chi connectivity index (χ3v) is 1.51. The van der Waals surface area contributed by atoms with Gasteiger partial charge in [0.2, 0.25) is 0 Å². The monoisotopic (exact) mass is 197 g/mol. The molecular weight excluding hydrogens is 185 g/mol. The van der Waals surface area contributed by atoms with Gasteiger partial charge in [0.15, 0.2) is 0 Å². The smallest absolute Gasteiger partial charge is 0.265 e. The molecule has 1 aromatic rings. The number of nitrogens with one attached hydrogen (secondary N) is 1. The number of hydrazine groups is 1. The van der Waals surface area contributed by atoms with Crippen molar-refractivity contribution >= 4 is 11.6 Å². The topological polar surface area (TPSA) is 58.4 Å². The first-order chi connectivity index (χ1) is 6.49. The molecule has 0 radical (unpaired) electrons. The first-order valence-corrected chi connectivity index (χ1v) is 4.03. The SMILES string of the molecule is CN(C)NC(=O)c1cc(N)cc(F)c1. The lowest BCUT2D eigenvalue weighted by molar-refractivity contribution is 0.0856. The summed E-state index contributed by atoms with van der Waals surface area (Å²) in [4.78, 5) is 11.4. The van der Waals surface area contributed by atoms with E-state index < -0.39 is 5.82 Å². The second-order valence-electron chi connectivity index (χ2n) is 3.11. The number of benzene rings is 1. The lowest BCUT2D eigenvalue weighted by Gasteiger charge is -2.11. The molecule has 1 amide bonds. The molecule has 76 valence electrons. The lowest BCUT2D eigenvalue weighted by atomic mass is 10.2. The second-order valence-corrected chi connectivity index (χ2v) is 3.11. The maximum Gasteiger partial charge on any atom is 0.265 e. The Kier molecular flexibility index (Phi) is 3.03. The van der Waals surface area contributed by atoms with Crippen molar-refractivity contribution in [3.63, 3.8) is 0 Å². The van der Waals surface area contributed by atoms with Crippen LogP contribution >= 0.6 is 0 Å². The van der Waals surface area contributed by atoms with E-state index in [1.54, 1.807) is 14.1 Å². The van der Waals surface area contributed by atoms with E-state index in [-0.39, 0.29) is 17.2 Å². The molecule has 0 unspecified atom stereocenters. The highest BCUT2D eigenvalue weighted by atomic mass is 19.1. The summed E-state index contributed by atoms with van der Waals surface area (Å²) < 4.78 is 12.9. The first kappa shape index (κ1) is 10.5. The zero-order chi connectivity index (χ0) is 10.7. The predicted octanol–water partition coefficient (Wildman–Crippen LogP) is 0.614. The Hall–Kier alpha value is -1.62. The van der Waals surface area contributed by atoms with Crippen molar-refractivity contribution in [1.82, 2.24) is 10.4 Å². The summed E-state index contributed by atoms with van der Waals surface area (Å²) in [5.41, 5.74) is 8.32. The van der Waals surface area contributed by atoms with Crippen LogP contribution in [0.15, 0.2) is 18.2 Å². The van der Waals surface area contributed by atoms with Crippen molar-refractivity contribution < 1.29 is 9.18 Å². The average molecular weight is 197 g/mol. The molecule has 0 atom stereocenters. The molecule has 0 saturated heterocycles. The normalized spacial score (nSPS) is 10.3. The van der Waals surface area contributed by atoms with Crippen LogP contribution in [0.4, 0.5) is 10.1 Å². The summed E-state index contributed by atoms with van der Waals surface area (Å²) in [6.07, 6.45) is 0. The lowest BCUT2D eigenvalue weighted by Crippen LogP contribution is -2.36. The van der Waals surface area contributed by atoms with E-state index in [2.05, 4.69) is 5.43 Å². The minimum absolute atomic E-state index is 0.205. The Morgan fingerprint density at radius 3 is 2.57 bits per heavy atom. The number of nitrogens with two attached hydrogens (primary N) is 1. The van der Waals surface area contributed by atoms with E-state index in [1.165, 1.54) is 11.1 Å². The van der Waals surface area contributed by atoms with Crippen molar-refractivity contribution in [2.75, 3.05) is 19.8 Å². The van der Waals surface area contributed by atoms with Crippen LogP contribution in [0.1, 0.15) is 10.4 Å². The molecule has 0 aliphatic rings. The molecular formula is C9H12FN3O. The first-order valence-electron chi connectivity index (χ1n) is 4.03. The minimum atomic E-state index is -0.520. The van der Waals surface area contributed by atoms with E-state index in [0.29, 0.717) is 0 Å². The number of carbonyl (C=O) groups excluding carboxylic acids is 1. The van der Waals surface area contributed by atoms with Gasteiger partial charge in [-0.3, -0.25) is 10.2 Å². The summed E-state index contributed by atoms with van der Waals surface area (Å²) in [5, 5.41) is 1.48. The molecule has 1 rings (SSSR count). The van der Waals surface area contributed by atoms with Crippen LogP contribution in [0.5, 0.6) is 0 Å². The summed E-state index contributed by atoms with van der Waals surface area (Å²) in [6, 6.07) is 3.71. The Morgan fingerprint density at radius 2 is 2.07 bits per heavy atom. The fraction of sp³-hybridized carbons (Fsp3) is 0.222. The van der Waals surface area contributed by atoms with Crippen LogP contribution in [0.3, 0.4) is 0 Å². The van der Waals surface area contributed by atoms with Gasteiger partial charge in [-0.25, -0.2) is 9.40 Å². The maximum absolute atomic E-state index is 12.9. The third kappa shape index (κ3) is 2.70. The van der Waals surface area contributed by atoms with E-state index in [0.717, 1.165) is 12.1 Å². The van der Waals surface area contributed by atoms with Gasteiger partial charge in [0.05, 0.1) is 0 Å². The van der Waals surface area contributed by atoms with Crippen LogP contribution in [-0.2, 0) is 0 Å². The molecule has 0 spiro atoms. The molecule has 4 nitrogen and oxygen atoms in total. The Balaban J connectivity index is 2.90. The van der Waals surface area contributed by atoms with Gasteiger partial charge >= 0.3 is 0 Å². The van der Waals surface area contributed by atoms with Gasteiger partial charge in [-0.05, 0) is 18.2 Å². The fourth-order valence-electron chi connectivity index (χ4n) is 1.01. The number of hydrogen-bond donors (Lipinski definition) is 2. The molecule has 0 aliphatic carbocycles. The van der Waals surface area contributed by atoms with Gasteiger partial charge in [-0.1, -0.05) is 0 Å². The molecule has 0 aliphatic heterocycles. The number of hydrogen-bond acceptors (Lipinski definition) is 3. The van der Waals surface area contributed by atoms with Crippen LogP contribution in [0.25, 0.3) is 0 Å². The maximum atomic E-state index is 12.9. The summed E-state index contributed by atoms with van der Waals surface area (Å²) >= 11 is 0. The summed E-state index contributed by atoms with van der Waals surface area (Å²) in [5.74, 6) is -0.907.